The minimum Gasteiger partial charge on any atom is -0.492 e. The molecule has 3 aromatic rings. The molecule has 1 heterocycles. The van der Waals surface area contributed by atoms with E-state index in [1.165, 1.54) is 4.68 Å². The van der Waals surface area contributed by atoms with E-state index >= 15 is 0 Å². The van der Waals surface area contributed by atoms with Crippen molar-refractivity contribution < 1.29 is 9.84 Å². The molecule has 2 aromatic carbocycles. The first kappa shape index (κ1) is 22.9. The van der Waals surface area contributed by atoms with Crippen molar-refractivity contribution in [3.05, 3.63) is 58.2 Å². The molecule has 162 valence electrons. The zero-order valence-electron chi connectivity index (χ0n) is 17.2. The quantitative estimate of drug-likeness (QED) is 0.265. The number of nitrogens with zero attached hydrogens (tertiary/aromatic N) is 6. The molecule has 1 aromatic heterocycles. The zero-order chi connectivity index (χ0) is 22.2. The minimum absolute atomic E-state index is 0.0352. The van der Waals surface area contributed by atoms with Gasteiger partial charge in [-0.3, -0.25) is 0 Å². The van der Waals surface area contributed by atoms with Gasteiger partial charge >= 0.3 is 0 Å². The van der Waals surface area contributed by atoms with Crippen molar-refractivity contribution in [1.29, 1.82) is 0 Å². The highest BCUT2D eigenvalue weighted by molar-refractivity contribution is 6.35. The molecule has 0 radical (unpaired) electrons. The van der Waals surface area contributed by atoms with Crippen LogP contribution in [0.4, 0.5) is 22.7 Å². The van der Waals surface area contributed by atoms with Crippen molar-refractivity contribution in [2.75, 3.05) is 13.2 Å². The second kappa shape index (κ2) is 11.0. The Kier molecular flexibility index (Phi) is 8.11. The van der Waals surface area contributed by atoms with Crippen molar-refractivity contribution >= 4 is 46.0 Å². The Morgan fingerprint density at radius 1 is 0.903 bits per heavy atom. The molecule has 0 spiro atoms. The third-order valence-corrected chi connectivity index (χ3v) is 4.55. The van der Waals surface area contributed by atoms with Crippen molar-refractivity contribution in [1.82, 2.24) is 9.78 Å². The third-order valence-electron chi connectivity index (χ3n) is 4.11. The predicted molar refractivity (Wildman–Crippen MR) is 121 cm³/mol. The van der Waals surface area contributed by atoms with E-state index in [2.05, 4.69) is 25.6 Å². The first-order valence-corrected chi connectivity index (χ1v) is 10.5. The number of aryl methyl sites for hydroxylation is 1. The van der Waals surface area contributed by atoms with Crippen LogP contribution in [0.2, 0.25) is 10.0 Å². The summed E-state index contributed by atoms with van der Waals surface area (Å²) < 4.78 is 6.90. The maximum Gasteiger partial charge on any atom is 0.238 e. The summed E-state index contributed by atoms with van der Waals surface area (Å²) in [6, 6.07) is 12.0. The second-order valence-corrected chi connectivity index (χ2v) is 7.51. The first-order valence-electron chi connectivity index (χ1n) is 9.70. The fourth-order valence-electron chi connectivity index (χ4n) is 2.64. The van der Waals surface area contributed by atoms with Gasteiger partial charge in [0.05, 0.1) is 35.9 Å². The van der Waals surface area contributed by atoms with E-state index < -0.39 is 0 Å². The number of rotatable bonds is 9. The Bertz CT molecular complexity index is 1060. The summed E-state index contributed by atoms with van der Waals surface area (Å²) in [5.74, 6) is -0.0352. The number of benzene rings is 2. The maximum absolute atomic E-state index is 10.4. The number of aromatic nitrogens is 2. The van der Waals surface area contributed by atoms with E-state index in [0.717, 1.165) is 6.42 Å². The molecule has 10 heteroatoms. The molecule has 3 rings (SSSR count). The maximum atomic E-state index is 10.4. The number of halogens is 2. The van der Waals surface area contributed by atoms with Crippen LogP contribution < -0.4 is 0 Å². The molecule has 31 heavy (non-hydrogen) atoms. The molecule has 0 aliphatic carbocycles. The van der Waals surface area contributed by atoms with Crippen LogP contribution in [0.25, 0.3) is 0 Å². The summed E-state index contributed by atoms with van der Waals surface area (Å²) in [6.45, 7) is 5.40. The van der Waals surface area contributed by atoms with Crippen LogP contribution in [0, 0.1) is 6.92 Å². The van der Waals surface area contributed by atoms with E-state index in [0.29, 0.717) is 58.2 Å². The van der Waals surface area contributed by atoms with Crippen molar-refractivity contribution in [3.8, 4) is 5.88 Å². The molecule has 0 bridgehead atoms. The van der Waals surface area contributed by atoms with Gasteiger partial charge in [-0.2, -0.15) is 20.4 Å². The smallest absolute Gasteiger partial charge is 0.238 e. The fourth-order valence-corrected chi connectivity index (χ4v) is 3.15. The molecule has 0 amide bonds. The Morgan fingerprint density at radius 2 is 1.48 bits per heavy atom. The van der Waals surface area contributed by atoms with Gasteiger partial charge in [0.25, 0.3) is 0 Å². The highest BCUT2D eigenvalue weighted by Crippen LogP contribution is 2.32. The van der Waals surface area contributed by atoms with Gasteiger partial charge in [-0.05, 0) is 55.8 Å². The number of hydrogen-bond donors (Lipinski definition) is 1. The lowest BCUT2D eigenvalue weighted by Gasteiger charge is -2.03. The van der Waals surface area contributed by atoms with Crippen LogP contribution >= 0.6 is 23.2 Å². The normalized spacial score (nSPS) is 11.7. The number of aromatic hydroxyl groups is 1. The average molecular weight is 461 g/mol. The highest BCUT2D eigenvalue weighted by atomic mass is 35.5. The number of azo groups is 2. The largest absolute Gasteiger partial charge is 0.492 e. The summed E-state index contributed by atoms with van der Waals surface area (Å²) in [7, 11) is 0. The van der Waals surface area contributed by atoms with E-state index in [4.69, 9.17) is 27.9 Å². The average Bonchev–Trinajstić information content (AvgIpc) is 3.01. The summed E-state index contributed by atoms with van der Waals surface area (Å²) in [5.41, 5.74) is 2.71. The van der Waals surface area contributed by atoms with Crippen LogP contribution in [0.3, 0.4) is 0 Å². The number of hydrogen-bond acceptors (Lipinski definition) is 7. The van der Waals surface area contributed by atoms with Gasteiger partial charge in [-0.25, -0.2) is 4.68 Å². The standard InChI is InChI=1S/C21H22Cl2N6O2/c1-3-9-31-10-8-29-21(30)20(14(2)28-29)27-25-18-6-4-17(5-7-18)24-26-19-12-15(22)11-16(23)13-19/h4-7,11-13,30H,3,8-10H2,1-2H3/b26-24+,27-25+. The van der Waals surface area contributed by atoms with Crippen LogP contribution in [-0.4, -0.2) is 28.1 Å². The van der Waals surface area contributed by atoms with Gasteiger partial charge < -0.3 is 9.84 Å². The molecule has 0 atom stereocenters. The Labute approximate surface area is 190 Å². The van der Waals surface area contributed by atoms with E-state index in [-0.39, 0.29) is 5.88 Å². The SMILES string of the molecule is CCCOCCn1nc(C)c(/N=N/c2ccc(/N=N/c3cc(Cl)cc(Cl)c3)cc2)c1O. The molecule has 8 nitrogen and oxygen atoms in total. The molecule has 1 N–H and O–H groups in total. The Morgan fingerprint density at radius 3 is 2.10 bits per heavy atom. The number of ether oxygens (including phenoxy) is 1. The summed E-state index contributed by atoms with van der Waals surface area (Å²) in [5, 5.41) is 32.2. The van der Waals surface area contributed by atoms with Crippen molar-refractivity contribution in [2.45, 2.75) is 26.8 Å². The van der Waals surface area contributed by atoms with Crippen molar-refractivity contribution in [3.63, 3.8) is 0 Å². The van der Waals surface area contributed by atoms with Gasteiger partial charge in [0, 0.05) is 16.7 Å². The summed E-state index contributed by atoms with van der Waals surface area (Å²) in [6.07, 6.45) is 0.943. The monoisotopic (exact) mass is 460 g/mol. The van der Waals surface area contributed by atoms with Gasteiger partial charge in [-0.1, -0.05) is 30.1 Å². The zero-order valence-corrected chi connectivity index (χ0v) is 18.7. The molecule has 0 saturated carbocycles. The van der Waals surface area contributed by atoms with Crippen LogP contribution in [0.1, 0.15) is 19.0 Å². The fraction of sp³-hybridized carbons (Fsp3) is 0.286. The Hall–Kier alpha value is -2.81. The molecular formula is C21H22Cl2N6O2. The van der Waals surface area contributed by atoms with Crippen LogP contribution in [0.5, 0.6) is 5.88 Å². The second-order valence-electron chi connectivity index (χ2n) is 6.64. The molecule has 0 aliphatic heterocycles. The van der Waals surface area contributed by atoms with E-state index in [9.17, 15) is 5.11 Å². The molecule has 0 unspecified atom stereocenters. The summed E-state index contributed by atoms with van der Waals surface area (Å²) >= 11 is 11.9. The highest BCUT2D eigenvalue weighted by Gasteiger charge is 2.14. The molecule has 0 aliphatic rings. The lowest BCUT2D eigenvalue weighted by Crippen LogP contribution is -2.07. The third kappa shape index (κ3) is 6.58. The van der Waals surface area contributed by atoms with E-state index in [1.54, 1.807) is 49.4 Å². The van der Waals surface area contributed by atoms with Crippen molar-refractivity contribution in [2.24, 2.45) is 20.5 Å². The van der Waals surface area contributed by atoms with E-state index in [1.807, 2.05) is 6.92 Å². The lowest BCUT2D eigenvalue weighted by atomic mass is 10.3. The Balaban J connectivity index is 1.65. The first-order chi connectivity index (χ1) is 15.0. The van der Waals surface area contributed by atoms with Gasteiger partial charge in [0.1, 0.15) is 0 Å². The molecule has 0 saturated heterocycles. The predicted octanol–water partition coefficient (Wildman–Crippen LogP) is 7.46. The van der Waals surface area contributed by atoms with Gasteiger partial charge in [-0.15, -0.1) is 5.11 Å². The lowest BCUT2D eigenvalue weighted by molar-refractivity contribution is 0.122. The van der Waals surface area contributed by atoms with Gasteiger partial charge in [0.2, 0.25) is 5.88 Å². The summed E-state index contributed by atoms with van der Waals surface area (Å²) in [4.78, 5) is 0. The molecular weight excluding hydrogens is 439 g/mol. The van der Waals surface area contributed by atoms with Crippen LogP contribution in [0.15, 0.2) is 62.9 Å². The minimum atomic E-state index is -0.0352. The molecule has 0 fully saturated rings. The van der Waals surface area contributed by atoms with Gasteiger partial charge in [0.15, 0.2) is 5.69 Å². The topological polar surface area (TPSA) is 96.7 Å². The van der Waals surface area contributed by atoms with Crippen LogP contribution in [-0.2, 0) is 11.3 Å².